The van der Waals surface area contributed by atoms with Crippen molar-refractivity contribution in [2.45, 2.75) is 38.8 Å². The molecule has 0 saturated carbocycles. The molecule has 2 heterocycles. The zero-order chi connectivity index (χ0) is 19.1. The summed E-state index contributed by atoms with van der Waals surface area (Å²) in [7, 11) is 1.79. The number of likely N-dealkylation sites (tertiary alicyclic amines) is 1. The number of rotatable bonds is 7. The van der Waals surface area contributed by atoms with E-state index in [0.29, 0.717) is 25.4 Å². The number of nitrogens with one attached hydrogen (secondary N) is 2. The Morgan fingerprint density at radius 3 is 2.64 bits per heavy atom. The summed E-state index contributed by atoms with van der Waals surface area (Å²) in [6.07, 6.45) is 1.65. The minimum Gasteiger partial charge on any atom is -0.356 e. The van der Waals surface area contributed by atoms with Gasteiger partial charge in [-0.25, -0.2) is 0 Å². The summed E-state index contributed by atoms with van der Waals surface area (Å²) in [4.78, 5) is 19.6. The van der Waals surface area contributed by atoms with Crippen LogP contribution in [-0.4, -0.2) is 36.9 Å². The van der Waals surface area contributed by atoms with Gasteiger partial charge in [-0.1, -0.05) is 37.3 Å². The summed E-state index contributed by atoms with van der Waals surface area (Å²) in [5.41, 5.74) is 2.40. The van der Waals surface area contributed by atoms with Gasteiger partial charge in [-0.05, 0) is 29.0 Å². The smallest absolute Gasteiger partial charge is 0.222 e. The molecule has 0 bridgehead atoms. The van der Waals surface area contributed by atoms with Crippen LogP contribution >= 0.6 is 35.3 Å². The standard InChI is InChI=1S/C21H28N4OS.HI/c1-16(19-9-6-12-27-19)13-23-21(22-2)24-14-17-7-3-4-8-18(17)15-25-11-5-10-20(25)26;/h3-4,6-9,12,16H,5,10-11,13-15H2,1-2H3,(H2,22,23,24);1H. The molecular formula is C21H29IN4OS. The van der Waals surface area contributed by atoms with E-state index in [4.69, 9.17) is 0 Å². The average molecular weight is 512 g/mol. The van der Waals surface area contributed by atoms with Crippen molar-refractivity contribution in [1.29, 1.82) is 0 Å². The molecule has 1 atom stereocenters. The van der Waals surface area contributed by atoms with E-state index in [0.717, 1.165) is 25.5 Å². The van der Waals surface area contributed by atoms with Gasteiger partial charge in [-0.3, -0.25) is 9.79 Å². The second kappa shape index (κ2) is 11.4. The maximum atomic E-state index is 11.9. The number of hydrogen-bond acceptors (Lipinski definition) is 3. The lowest BCUT2D eigenvalue weighted by atomic mass is 10.1. The second-order valence-corrected chi connectivity index (χ2v) is 7.89. The highest BCUT2D eigenvalue weighted by Gasteiger charge is 2.20. The Bertz CT molecular complexity index is 778. The summed E-state index contributed by atoms with van der Waals surface area (Å²) in [6, 6.07) is 12.6. The first-order valence-electron chi connectivity index (χ1n) is 9.50. The second-order valence-electron chi connectivity index (χ2n) is 6.91. The highest BCUT2D eigenvalue weighted by molar-refractivity contribution is 14.0. The third-order valence-electron chi connectivity index (χ3n) is 4.93. The van der Waals surface area contributed by atoms with Gasteiger partial charge in [0.15, 0.2) is 5.96 Å². The van der Waals surface area contributed by atoms with Crippen LogP contribution in [0.1, 0.15) is 41.7 Å². The van der Waals surface area contributed by atoms with Crippen LogP contribution in [0.3, 0.4) is 0 Å². The summed E-state index contributed by atoms with van der Waals surface area (Å²) in [5.74, 6) is 1.50. The van der Waals surface area contributed by atoms with E-state index in [1.807, 2.05) is 17.0 Å². The maximum absolute atomic E-state index is 11.9. The molecule has 0 radical (unpaired) electrons. The average Bonchev–Trinajstić information content (AvgIpc) is 3.35. The van der Waals surface area contributed by atoms with Gasteiger partial charge in [0.2, 0.25) is 5.91 Å². The Morgan fingerprint density at radius 2 is 2.00 bits per heavy atom. The highest BCUT2D eigenvalue weighted by Crippen LogP contribution is 2.20. The minimum absolute atomic E-state index is 0. The molecule has 2 N–H and O–H groups in total. The number of thiophene rings is 1. The Hall–Kier alpha value is -1.61. The lowest BCUT2D eigenvalue weighted by Gasteiger charge is -2.19. The first-order valence-corrected chi connectivity index (χ1v) is 10.4. The molecule has 1 saturated heterocycles. The van der Waals surface area contributed by atoms with Crippen molar-refractivity contribution >= 4 is 47.2 Å². The predicted molar refractivity (Wildman–Crippen MR) is 127 cm³/mol. The van der Waals surface area contributed by atoms with Crippen LogP contribution < -0.4 is 10.6 Å². The van der Waals surface area contributed by atoms with Gasteiger partial charge in [0.05, 0.1) is 0 Å². The number of amides is 1. The molecular weight excluding hydrogens is 483 g/mol. The van der Waals surface area contributed by atoms with Crippen LogP contribution in [0.4, 0.5) is 0 Å². The molecule has 0 aliphatic carbocycles. The van der Waals surface area contributed by atoms with Gasteiger partial charge < -0.3 is 15.5 Å². The molecule has 1 aromatic carbocycles. The number of guanidine groups is 1. The van der Waals surface area contributed by atoms with E-state index in [1.165, 1.54) is 16.0 Å². The van der Waals surface area contributed by atoms with Crippen molar-refractivity contribution in [3.63, 3.8) is 0 Å². The van der Waals surface area contributed by atoms with Crippen LogP contribution in [0.15, 0.2) is 46.8 Å². The third kappa shape index (κ3) is 6.20. The zero-order valence-corrected chi connectivity index (χ0v) is 19.6. The van der Waals surface area contributed by atoms with E-state index < -0.39 is 0 Å². The first kappa shape index (κ1) is 22.7. The minimum atomic E-state index is 0. The maximum Gasteiger partial charge on any atom is 0.222 e. The lowest BCUT2D eigenvalue weighted by molar-refractivity contribution is -0.128. The molecule has 2 aromatic rings. The van der Waals surface area contributed by atoms with Gasteiger partial charge in [0.25, 0.3) is 0 Å². The first-order chi connectivity index (χ1) is 13.2. The topological polar surface area (TPSA) is 56.7 Å². The van der Waals surface area contributed by atoms with Crippen molar-refractivity contribution in [2.75, 3.05) is 20.1 Å². The van der Waals surface area contributed by atoms with Crippen molar-refractivity contribution in [2.24, 2.45) is 4.99 Å². The Labute approximate surface area is 188 Å². The molecule has 1 aliphatic rings. The van der Waals surface area contributed by atoms with Crippen LogP contribution in [0.2, 0.25) is 0 Å². The SMILES string of the molecule is CN=C(NCc1ccccc1CN1CCCC1=O)NCC(C)c1cccs1.I. The van der Waals surface area contributed by atoms with Crippen molar-refractivity contribution in [3.05, 3.63) is 57.8 Å². The summed E-state index contributed by atoms with van der Waals surface area (Å²) < 4.78 is 0. The summed E-state index contributed by atoms with van der Waals surface area (Å²) in [6.45, 7) is 5.30. The van der Waals surface area contributed by atoms with Crippen LogP contribution in [-0.2, 0) is 17.9 Å². The molecule has 1 unspecified atom stereocenters. The fraction of sp³-hybridized carbons (Fsp3) is 0.429. The van der Waals surface area contributed by atoms with Crippen LogP contribution in [0.25, 0.3) is 0 Å². The monoisotopic (exact) mass is 512 g/mol. The number of halogens is 1. The lowest BCUT2D eigenvalue weighted by Crippen LogP contribution is -2.38. The quantitative estimate of drug-likeness (QED) is 0.336. The molecule has 0 spiro atoms. The predicted octanol–water partition coefficient (Wildman–Crippen LogP) is 3.96. The highest BCUT2D eigenvalue weighted by atomic mass is 127. The Morgan fingerprint density at radius 1 is 1.21 bits per heavy atom. The number of nitrogens with zero attached hydrogens (tertiary/aromatic N) is 2. The molecule has 1 amide bonds. The van der Waals surface area contributed by atoms with Crippen molar-refractivity contribution in [3.8, 4) is 0 Å². The Kier molecular flexibility index (Phi) is 9.24. The summed E-state index contributed by atoms with van der Waals surface area (Å²) >= 11 is 1.79. The van der Waals surface area contributed by atoms with Crippen LogP contribution in [0, 0.1) is 0 Å². The molecule has 1 fully saturated rings. The molecule has 28 heavy (non-hydrogen) atoms. The largest absolute Gasteiger partial charge is 0.356 e. The van der Waals surface area contributed by atoms with Gasteiger partial charge in [0, 0.05) is 50.4 Å². The fourth-order valence-corrected chi connectivity index (χ4v) is 4.07. The summed E-state index contributed by atoms with van der Waals surface area (Å²) in [5, 5.41) is 8.92. The van der Waals surface area contributed by atoms with E-state index in [1.54, 1.807) is 18.4 Å². The Balaban J connectivity index is 0.00000280. The van der Waals surface area contributed by atoms with E-state index in [-0.39, 0.29) is 29.9 Å². The van der Waals surface area contributed by atoms with Gasteiger partial charge in [-0.15, -0.1) is 35.3 Å². The number of carbonyl (C=O) groups excluding carboxylic acids is 1. The number of aliphatic imine (C=N–C) groups is 1. The molecule has 3 rings (SSSR count). The van der Waals surface area contributed by atoms with Crippen LogP contribution in [0.5, 0.6) is 0 Å². The van der Waals surface area contributed by atoms with Gasteiger partial charge >= 0.3 is 0 Å². The molecule has 1 aromatic heterocycles. The van der Waals surface area contributed by atoms with E-state index in [2.05, 4.69) is 52.2 Å². The van der Waals surface area contributed by atoms with Gasteiger partial charge in [0.1, 0.15) is 0 Å². The zero-order valence-electron chi connectivity index (χ0n) is 16.5. The molecule has 152 valence electrons. The van der Waals surface area contributed by atoms with E-state index >= 15 is 0 Å². The normalized spacial score (nSPS) is 15.3. The number of carbonyl (C=O) groups is 1. The number of benzene rings is 1. The van der Waals surface area contributed by atoms with Crippen molar-refractivity contribution < 1.29 is 4.79 Å². The molecule has 5 nitrogen and oxygen atoms in total. The molecule has 7 heteroatoms. The van der Waals surface area contributed by atoms with Gasteiger partial charge in [-0.2, -0.15) is 0 Å². The molecule has 1 aliphatic heterocycles. The third-order valence-corrected chi connectivity index (χ3v) is 6.03. The van der Waals surface area contributed by atoms with E-state index in [9.17, 15) is 4.79 Å². The number of hydrogen-bond donors (Lipinski definition) is 2. The van der Waals surface area contributed by atoms with Crippen molar-refractivity contribution in [1.82, 2.24) is 15.5 Å². The fourth-order valence-electron chi connectivity index (χ4n) is 3.28.